The molecule has 3 aromatic rings. The van der Waals surface area contributed by atoms with Crippen LogP contribution < -0.4 is 10.9 Å². The first-order chi connectivity index (χ1) is 17.2. The number of amides is 1. The van der Waals surface area contributed by atoms with E-state index in [0.29, 0.717) is 37.7 Å². The molecule has 1 fully saturated rings. The average molecular weight is 539 g/mol. The second-order valence-corrected chi connectivity index (χ2v) is 10.2. The molecule has 36 heavy (non-hydrogen) atoms. The molecule has 0 spiro atoms. The number of nitrogens with one attached hydrogen (secondary N) is 1. The summed E-state index contributed by atoms with van der Waals surface area (Å²) < 4.78 is 15.0. The Hall–Kier alpha value is -3.45. The summed E-state index contributed by atoms with van der Waals surface area (Å²) in [5, 5.41) is 13.4. The molecule has 0 bridgehead atoms. The van der Waals surface area contributed by atoms with Crippen molar-refractivity contribution in [3.8, 4) is 6.07 Å². The van der Waals surface area contributed by atoms with Gasteiger partial charge in [0, 0.05) is 24.2 Å². The Morgan fingerprint density at radius 3 is 2.56 bits per heavy atom. The Kier molecular flexibility index (Phi) is 7.59. The number of thiocarbonyl (C=S) groups is 1. The quantitative estimate of drug-likeness (QED) is 0.336. The zero-order valence-corrected chi connectivity index (χ0v) is 21.7. The van der Waals surface area contributed by atoms with Crippen molar-refractivity contribution in [3.63, 3.8) is 0 Å². The van der Waals surface area contributed by atoms with E-state index in [1.54, 1.807) is 38.2 Å². The number of aromatic nitrogens is 1. The minimum absolute atomic E-state index is 0.00571. The summed E-state index contributed by atoms with van der Waals surface area (Å²) in [5.74, 6) is -0.224. The first-order valence-corrected chi connectivity index (χ1v) is 12.4. The van der Waals surface area contributed by atoms with Crippen molar-refractivity contribution in [2.45, 2.75) is 20.0 Å². The summed E-state index contributed by atoms with van der Waals surface area (Å²) in [5.41, 5.74) is 2.09. The third-order valence-corrected chi connectivity index (χ3v) is 7.55. The van der Waals surface area contributed by atoms with E-state index in [1.807, 2.05) is 24.3 Å². The molecule has 1 saturated heterocycles. The lowest BCUT2D eigenvalue weighted by molar-refractivity contribution is -0.122. The highest BCUT2D eigenvalue weighted by molar-refractivity contribution is 8.26. The topological polar surface area (TPSA) is 78.1 Å². The van der Waals surface area contributed by atoms with Gasteiger partial charge in [0.25, 0.3) is 11.5 Å². The SMILES string of the molecule is Cc1c(/C=C2/SC(=S)N(Cc3ccc(F)cc3)C2=O)c(NCc2ccccc2Cl)n(C)c(=O)c1C#N. The Morgan fingerprint density at radius 2 is 1.89 bits per heavy atom. The Morgan fingerprint density at radius 1 is 1.19 bits per heavy atom. The molecule has 1 amide bonds. The van der Waals surface area contributed by atoms with Gasteiger partial charge in [0.2, 0.25) is 0 Å². The molecule has 1 aliphatic rings. The van der Waals surface area contributed by atoms with Gasteiger partial charge in [0.1, 0.15) is 27.6 Å². The summed E-state index contributed by atoms with van der Waals surface area (Å²) in [6.07, 6.45) is 1.65. The van der Waals surface area contributed by atoms with Gasteiger partial charge in [-0.3, -0.25) is 19.1 Å². The van der Waals surface area contributed by atoms with Crippen LogP contribution >= 0.6 is 35.6 Å². The number of benzene rings is 2. The summed E-state index contributed by atoms with van der Waals surface area (Å²) >= 11 is 12.9. The zero-order chi connectivity index (χ0) is 26.0. The minimum atomic E-state index is -0.447. The predicted molar refractivity (Wildman–Crippen MR) is 145 cm³/mol. The number of thioether (sulfide) groups is 1. The third kappa shape index (κ3) is 5.07. The summed E-state index contributed by atoms with van der Waals surface area (Å²) in [7, 11) is 1.56. The summed E-state index contributed by atoms with van der Waals surface area (Å²) in [4.78, 5) is 27.9. The molecule has 2 heterocycles. The molecular weight excluding hydrogens is 519 g/mol. The van der Waals surface area contributed by atoms with Gasteiger partial charge in [-0.15, -0.1) is 0 Å². The molecular formula is C26H20ClFN4O2S2. The maximum absolute atomic E-state index is 13.3. The van der Waals surface area contributed by atoms with Crippen molar-refractivity contribution in [1.29, 1.82) is 5.26 Å². The van der Waals surface area contributed by atoms with Crippen molar-refractivity contribution in [2.75, 3.05) is 5.32 Å². The van der Waals surface area contributed by atoms with Crippen LogP contribution in [0.1, 0.15) is 27.8 Å². The molecule has 1 aliphatic heterocycles. The van der Waals surface area contributed by atoms with Gasteiger partial charge in [0.05, 0.1) is 11.4 Å². The van der Waals surface area contributed by atoms with E-state index in [2.05, 4.69) is 5.32 Å². The number of nitriles is 1. The number of pyridine rings is 1. The smallest absolute Gasteiger partial charge is 0.270 e. The maximum Gasteiger partial charge on any atom is 0.270 e. The zero-order valence-electron chi connectivity index (χ0n) is 19.3. The highest BCUT2D eigenvalue weighted by Gasteiger charge is 2.33. The number of carbonyl (C=O) groups is 1. The number of rotatable bonds is 6. The maximum atomic E-state index is 13.3. The summed E-state index contributed by atoms with van der Waals surface area (Å²) in [6.45, 7) is 2.20. The molecule has 0 unspecified atom stereocenters. The van der Waals surface area contributed by atoms with Crippen molar-refractivity contribution in [1.82, 2.24) is 9.47 Å². The van der Waals surface area contributed by atoms with Crippen molar-refractivity contribution < 1.29 is 9.18 Å². The van der Waals surface area contributed by atoms with Gasteiger partial charge < -0.3 is 5.32 Å². The van der Waals surface area contributed by atoms with E-state index in [9.17, 15) is 19.2 Å². The lowest BCUT2D eigenvalue weighted by Crippen LogP contribution is -2.27. The molecule has 0 saturated carbocycles. The molecule has 6 nitrogen and oxygen atoms in total. The molecule has 4 rings (SSSR count). The first kappa shape index (κ1) is 25.6. The Labute approximate surface area is 222 Å². The lowest BCUT2D eigenvalue weighted by Gasteiger charge is -2.18. The summed E-state index contributed by atoms with van der Waals surface area (Å²) in [6, 6.07) is 15.2. The van der Waals surface area contributed by atoms with E-state index in [1.165, 1.54) is 21.6 Å². The number of carbonyl (C=O) groups excluding carboxylic acids is 1. The number of anilines is 1. The van der Waals surface area contributed by atoms with Crippen LogP contribution in [0.2, 0.25) is 5.02 Å². The van der Waals surface area contributed by atoms with Crippen LogP contribution in [-0.4, -0.2) is 19.7 Å². The van der Waals surface area contributed by atoms with Gasteiger partial charge in [-0.25, -0.2) is 4.39 Å². The first-order valence-electron chi connectivity index (χ1n) is 10.8. The van der Waals surface area contributed by atoms with Gasteiger partial charge in [-0.05, 0) is 47.9 Å². The van der Waals surface area contributed by atoms with Crippen LogP contribution in [0.5, 0.6) is 0 Å². The molecule has 0 atom stereocenters. The fourth-order valence-corrected chi connectivity index (χ4v) is 5.24. The van der Waals surface area contributed by atoms with Crippen LogP contribution in [0.15, 0.2) is 58.2 Å². The van der Waals surface area contributed by atoms with Crippen LogP contribution in [0.4, 0.5) is 10.2 Å². The van der Waals surface area contributed by atoms with Crippen LogP contribution in [-0.2, 0) is 24.9 Å². The van der Waals surface area contributed by atoms with Gasteiger partial charge in [0.15, 0.2) is 0 Å². The molecule has 10 heteroatoms. The van der Waals surface area contributed by atoms with E-state index >= 15 is 0 Å². The molecule has 0 radical (unpaired) electrons. The fraction of sp³-hybridized carbons (Fsp3) is 0.154. The molecule has 1 aromatic heterocycles. The third-order valence-electron chi connectivity index (χ3n) is 5.81. The van der Waals surface area contributed by atoms with E-state index < -0.39 is 5.56 Å². The minimum Gasteiger partial charge on any atom is -0.367 e. The van der Waals surface area contributed by atoms with E-state index in [0.717, 1.165) is 22.9 Å². The van der Waals surface area contributed by atoms with Crippen molar-refractivity contribution in [2.24, 2.45) is 7.05 Å². The van der Waals surface area contributed by atoms with Crippen molar-refractivity contribution in [3.05, 3.63) is 102 Å². The van der Waals surface area contributed by atoms with Gasteiger partial charge in [-0.2, -0.15) is 5.26 Å². The molecule has 1 N–H and O–H groups in total. The van der Waals surface area contributed by atoms with E-state index in [-0.39, 0.29) is 23.8 Å². The Bertz CT molecular complexity index is 1510. The highest BCUT2D eigenvalue weighted by atomic mass is 35.5. The Balaban J connectivity index is 1.73. The average Bonchev–Trinajstić information content (AvgIpc) is 3.12. The number of hydrogen-bond donors (Lipinski definition) is 1. The lowest BCUT2D eigenvalue weighted by atomic mass is 10.0. The monoisotopic (exact) mass is 538 g/mol. The molecule has 0 aliphatic carbocycles. The van der Waals surface area contributed by atoms with Gasteiger partial charge >= 0.3 is 0 Å². The second-order valence-electron chi connectivity index (χ2n) is 8.08. The predicted octanol–water partition coefficient (Wildman–Crippen LogP) is 5.37. The molecule has 2 aromatic carbocycles. The van der Waals surface area contributed by atoms with Crippen molar-refractivity contribution >= 4 is 57.7 Å². The standard InChI is InChI=1S/C26H20ClFN4O2S2/c1-15-19(11-22-25(34)32(26(35)36-22)14-16-7-9-18(28)10-8-16)23(31(2)24(33)20(15)12-29)30-13-17-5-3-4-6-21(17)27/h3-11,30H,13-14H2,1-2H3/b22-11+. The van der Waals surface area contributed by atoms with Crippen LogP contribution in [0.3, 0.4) is 0 Å². The van der Waals surface area contributed by atoms with Crippen LogP contribution in [0, 0.1) is 24.1 Å². The normalized spacial score (nSPS) is 14.4. The largest absolute Gasteiger partial charge is 0.367 e. The highest BCUT2D eigenvalue weighted by Crippen LogP contribution is 2.36. The van der Waals surface area contributed by atoms with Gasteiger partial charge in [-0.1, -0.05) is 65.9 Å². The number of nitrogens with zero attached hydrogens (tertiary/aromatic N) is 3. The fourth-order valence-electron chi connectivity index (χ4n) is 3.81. The second kappa shape index (κ2) is 10.7. The van der Waals surface area contributed by atoms with Crippen LogP contribution in [0.25, 0.3) is 6.08 Å². The molecule has 182 valence electrons. The van der Waals surface area contributed by atoms with E-state index in [4.69, 9.17) is 23.8 Å². The number of hydrogen-bond acceptors (Lipinski definition) is 6. The number of halogens is 2.